The van der Waals surface area contributed by atoms with E-state index in [1.54, 1.807) is 21.3 Å². The number of unbranched alkanes of at least 4 members (excludes halogenated alkanes) is 3. The standard InChI is InChI=1S/C27H35N3O6/c1-5-6-7-8-13-28-24(31)16-21-26(32)30(27(33)29-21)17-18-9-11-19(12-10-18)20-14-22(34-2)25(36-4)23(15-20)35-3/h9-12,14-15,21H,5-8,13,16-17H2,1-4H3,(H,28,31)(H,29,33)/t21-/m1/s1. The topological polar surface area (TPSA) is 106 Å². The number of hydrogen-bond donors (Lipinski definition) is 2. The molecule has 0 aromatic heterocycles. The Hall–Kier alpha value is -3.75. The zero-order chi connectivity index (χ0) is 26.1. The van der Waals surface area contributed by atoms with E-state index in [1.807, 2.05) is 36.4 Å². The van der Waals surface area contributed by atoms with Gasteiger partial charge in [0.15, 0.2) is 11.5 Å². The summed E-state index contributed by atoms with van der Waals surface area (Å²) in [7, 11) is 4.68. The summed E-state index contributed by atoms with van der Waals surface area (Å²) in [4.78, 5) is 38.6. The van der Waals surface area contributed by atoms with Gasteiger partial charge in [-0.25, -0.2) is 4.79 Å². The van der Waals surface area contributed by atoms with E-state index in [4.69, 9.17) is 14.2 Å². The maximum atomic E-state index is 12.8. The van der Waals surface area contributed by atoms with Crippen LogP contribution in [0.2, 0.25) is 0 Å². The summed E-state index contributed by atoms with van der Waals surface area (Å²) >= 11 is 0. The van der Waals surface area contributed by atoms with Gasteiger partial charge in [0.1, 0.15) is 6.04 Å². The number of methoxy groups -OCH3 is 3. The summed E-state index contributed by atoms with van der Waals surface area (Å²) < 4.78 is 16.2. The molecule has 194 valence electrons. The maximum absolute atomic E-state index is 12.8. The van der Waals surface area contributed by atoms with E-state index in [-0.39, 0.29) is 18.9 Å². The molecule has 1 saturated heterocycles. The van der Waals surface area contributed by atoms with Crippen LogP contribution in [-0.2, 0) is 16.1 Å². The molecular weight excluding hydrogens is 462 g/mol. The second-order valence-corrected chi connectivity index (χ2v) is 8.65. The first-order valence-electron chi connectivity index (χ1n) is 12.2. The molecule has 0 spiro atoms. The Labute approximate surface area is 212 Å². The fourth-order valence-corrected chi connectivity index (χ4v) is 4.14. The van der Waals surface area contributed by atoms with Gasteiger partial charge in [-0.2, -0.15) is 0 Å². The van der Waals surface area contributed by atoms with E-state index in [0.717, 1.165) is 47.3 Å². The van der Waals surface area contributed by atoms with Gasteiger partial charge >= 0.3 is 6.03 Å². The van der Waals surface area contributed by atoms with E-state index < -0.39 is 18.0 Å². The molecule has 4 amide bonds. The van der Waals surface area contributed by atoms with Crippen LogP contribution in [0.1, 0.15) is 44.6 Å². The van der Waals surface area contributed by atoms with E-state index >= 15 is 0 Å². The quantitative estimate of drug-likeness (QED) is 0.321. The molecule has 2 aromatic rings. The number of rotatable bonds is 13. The Morgan fingerprint density at radius 2 is 1.61 bits per heavy atom. The third kappa shape index (κ3) is 6.47. The number of carbonyl (C=O) groups is 3. The van der Waals surface area contributed by atoms with E-state index in [0.29, 0.717) is 23.8 Å². The molecule has 2 aromatic carbocycles. The van der Waals surface area contributed by atoms with Gasteiger partial charge in [0, 0.05) is 6.54 Å². The summed E-state index contributed by atoms with van der Waals surface area (Å²) in [6.45, 7) is 2.83. The van der Waals surface area contributed by atoms with E-state index in [2.05, 4.69) is 17.6 Å². The van der Waals surface area contributed by atoms with Gasteiger partial charge < -0.3 is 24.8 Å². The van der Waals surface area contributed by atoms with Crippen LogP contribution in [0, 0.1) is 0 Å². The van der Waals surface area contributed by atoms with Gasteiger partial charge in [-0.15, -0.1) is 0 Å². The molecule has 0 aliphatic carbocycles. The zero-order valence-corrected chi connectivity index (χ0v) is 21.4. The monoisotopic (exact) mass is 497 g/mol. The van der Waals surface area contributed by atoms with Crippen LogP contribution in [0.4, 0.5) is 4.79 Å². The van der Waals surface area contributed by atoms with Gasteiger partial charge in [0.25, 0.3) is 5.91 Å². The molecule has 0 radical (unpaired) electrons. The zero-order valence-electron chi connectivity index (χ0n) is 21.4. The lowest BCUT2D eigenvalue weighted by Gasteiger charge is -2.15. The first-order valence-corrected chi connectivity index (χ1v) is 12.2. The Bertz CT molecular complexity index is 1040. The molecular formula is C27H35N3O6. The Morgan fingerprint density at radius 3 is 2.19 bits per heavy atom. The molecule has 0 unspecified atom stereocenters. The smallest absolute Gasteiger partial charge is 0.325 e. The summed E-state index contributed by atoms with van der Waals surface area (Å²) in [6.07, 6.45) is 4.16. The van der Waals surface area contributed by atoms with Crippen molar-refractivity contribution >= 4 is 17.8 Å². The largest absolute Gasteiger partial charge is 0.493 e. The Morgan fingerprint density at radius 1 is 0.944 bits per heavy atom. The molecule has 1 aliphatic heterocycles. The molecule has 9 heteroatoms. The van der Waals surface area contributed by atoms with Crippen molar-refractivity contribution in [1.82, 2.24) is 15.5 Å². The van der Waals surface area contributed by atoms with Crippen molar-refractivity contribution in [3.05, 3.63) is 42.0 Å². The highest BCUT2D eigenvalue weighted by Gasteiger charge is 2.38. The van der Waals surface area contributed by atoms with Crippen molar-refractivity contribution in [2.75, 3.05) is 27.9 Å². The van der Waals surface area contributed by atoms with Crippen LogP contribution in [0.3, 0.4) is 0 Å². The van der Waals surface area contributed by atoms with Crippen molar-refractivity contribution in [1.29, 1.82) is 0 Å². The number of imide groups is 1. The molecule has 0 saturated carbocycles. The Balaban J connectivity index is 1.62. The number of benzene rings is 2. The van der Waals surface area contributed by atoms with Crippen LogP contribution in [-0.4, -0.2) is 56.7 Å². The summed E-state index contributed by atoms with van der Waals surface area (Å²) in [5, 5.41) is 5.45. The lowest BCUT2D eigenvalue weighted by Crippen LogP contribution is -2.36. The number of urea groups is 1. The predicted molar refractivity (Wildman–Crippen MR) is 136 cm³/mol. The molecule has 0 bridgehead atoms. The third-order valence-corrected chi connectivity index (χ3v) is 6.14. The van der Waals surface area contributed by atoms with Crippen molar-refractivity contribution in [3.63, 3.8) is 0 Å². The number of nitrogens with zero attached hydrogens (tertiary/aromatic N) is 1. The second-order valence-electron chi connectivity index (χ2n) is 8.65. The fourth-order valence-electron chi connectivity index (χ4n) is 4.14. The number of ether oxygens (including phenoxy) is 3. The normalized spacial score (nSPS) is 15.0. The molecule has 9 nitrogen and oxygen atoms in total. The van der Waals surface area contributed by atoms with Crippen LogP contribution >= 0.6 is 0 Å². The molecule has 36 heavy (non-hydrogen) atoms. The lowest BCUT2D eigenvalue weighted by atomic mass is 10.0. The fraction of sp³-hybridized carbons (Fsp3) is 0.444. The van der Waals surface area contributed by atoms with Crippen molar-refractivity contribution in [3.8, 4) is 28.4 Å². The lowest BCUT2D eigenvalue weighted by molar-refractivity contribution is -0.131. The highest BCUT2D eigenvalue weighted by atomic mass is 16.5. The van der Waals surface area contributed by atoms with Crippen molar-refractivity contribution in [2.24, 2.45) is 0 Å². The SMILES string of the molecule is CCCCCCNC(=O)C[C@H]1NC(=O)N(Cc2ccc(-c3cc(OC)c(OC)c(OC)c3)cc2)C1=O. The highest BCUT2D eigenvalue weighted by Crippen LogP contribution is 2.41. The number of hydrogen-bond acceptors (Lipinski definition) is 6. The molecule has 1 aliphatic rings. The van der Waals surface area contributed by atoms with Gasteiger partial charge in [-0.1, -0.05) is 50.5 Å². The number of nitrogens with one attached hydrogen (secondary N) is 2. The number of amides is 4. The highest BCUT2D eigenvalue weighted by molar-refractivity contribution is 6.05. The minimum absolute atomic E-state index is 0.0606. The van der Waals surface area contributed by atoms with Crippen molar-refractivity contribution < 1.29 is 28.6 Å². The minimum atomic E-state index is -0.841. The summed E-state index contributed by atoms with van der Waals surface area (Å²) in [6, 6.07) is 9.89. The molecule has 3 rings (SSSR count). The molecule has 2 N–H and O–H groups in total. The van der Waals surface area contributed by atoms with Crippen LogP contribution in [0.15, 0.2) is 36.4 Å². The third-order valence-electron chi connectivity index (χ3n) is 6.14. The first kappa shape index (κ1) is 26.8. The van der Waals surface area contributed by atoms with Crippen LogP contribution < -0.4 is 24.8 Å². The van der Waals surface area contributed by atoms with Crippen LogP contribution in [0.5, 0.6) is 17.2 Å². The average molecular weight is 498 g/mol. The predicted octanol–water partition coefficient (Wildman–Crippen LogP) is 3.89. The average Bonchev–Trinajstić information content (AvgIpc) is 3.15. The minimum Gasteiger partial charge on any atom is -0.493 e. The Kier molecular flexibility index (Phi) is 9.55. The first-order chi connectivity index (χ1) is 17.4. The molecule has 1 fully saturated rings. The molecule has 1 heterocycles. The van der Waals surface area contributed by atoms with Gasteiger partial charge in [0.2, 0.25) is 11.7 Å². The van der Waals surface area contributed by atoms with Gasteiger partial charge in [-0.05, 0) is 35.2 Å². The second kappa shape index (κ2) is 12.8. The maximum Gasteiger partial charge on any atom is 0.325 e. The summed E-state index contributed by atoms with van der Waals surface area (Å²) in [5.41, 5.74) is 2.56. The number of carbonyl (C=O) groups excluding carboxylic acids is 3. The van der Waals surface area contributed by atoms with Crippen LogP contribution in [0.25, 0.3) is 11.1 Å². The van der Waals surface area contributed by atoms with Gasteiger partial charge in [-0.3, -0.25) is 14.5 Å². The van der Waals surface area contributed by atoms with E-state index in [1.165, 1.54) is 0 Å². The van der Waals surface area contributed by atoms with Crippen molar-refractivity contribution in [2.45, 2.75) is 51.6 Å². The summed E-state index contributed by atoms with van der Waals surface area (Å²) in [5.74, 6) is 0.979. The molecule has 1 atom stereocenters. The van der Waals surface area contributed by atoms with E-state index in [9.17, 15) is 14.4 Å². The van der Waals surface area contributed by atoms with Gasteiger partial charge in [0.05, 0.1) is 34.3 Å².